The number of carbonyl (C=O) groups is 1. The number of hydrogen-bond acceptors (Lipinski definition) is 3. The number of allylic oxidation sites excluding steroid dienone is 1. The van der Waals surface area contributed by atoms with Crippen molar-refractivity contribution in [1.82, 2.24) is 4.98 Å². The summed E-state index contributed by atoms with van der Waals surface area (Å²) in [6.45, 7) is 1.60. The Balaban J connectivity index is 1.99. The number of thioether (sulfide) groups is 1. The third-order valence-electron chi connectivity index (χ3n) is 2.53. The second-order valence-electron chi connectivity index (χ2n) is 3.99. The van der Waals surface area contributed by atoms with Gasteiger partial charge in [-0.05, 0) is 30.2 Å². The predicted octanol–water partition coefficient (Wildman–Crippen LogP) is 3.92. The molecule has 0 aliphatic heterocycles. The van der Waals surface area contributed by atoms with Gasteiger partial charge in [0.1, 0.15) is 0 Å². The Morgan fingerprint density at radius 2 is 2.28 bits per heavy atom. The summed E-state index contributed by atoms with van der Waals surface area (Å²) in [6, 6.07) is 10.2. The minimum atomic E-state index is 0.181. The molecule has 2 nitrogen and oxygen atoms in total. The zero-order chi connectivity index (χ0) is 12.8. The Bertz CT molecular complexity index is 577. The zero-order valence-corrected chi connectivity index (χ0v) is 11.1. The summed E-state index contributed by atoms with van der Waals surface area (Å²) in [7, 11) is 0. The number of pyridine rings is 1. The second kappa shape index (κ2) is 6.36. The van der Waals surface area contributed by atoms with Gasteiger partial charge in [0.25, 0.3) is 0 Å². The lowest BCUT2D eigenvalue weighted by molar-refractivity contribution is -0.109. The molecule has 3 heteroatoms. The van der Waals surface area contributed by atoms with E-state index >= 15 is 0 Å². The highest BCUT2D eigenvalue weighted by Crippen LogP contribution is 2.14. The Morgan fingerprint density at radius 1 is 1.39 bits per heavy atom. The van der Waals surface area contributed by atoms with E-state index in [-0.39, 0.29) is 5.12 Å². The van der Waals surface area contributed by atoms with E-state index in [0.717, 1.165) is 23.1 Å². The maximum Gasteiger partial charge on any atom is 0.185 e. The molecule has 1 aromatic carbocycles. The fourth-order valence-corrected chi connectivity index (χ4v) is 2.23. The largest absolute Gasteiger partial charge is 0.288 e. The molecule has 0 aliphatic carbocycles. The molecule has 0 saturated heterocycles. The molecule has 0 fully saturated rings. The monoisotopic (exact) mass is 257 g/mol. The summed E-state index contributed by atoms with van der Waals surface area (Å²) in [5, 5.41) is 1.33. The lowest BCUT2D eigenvalue weighted by Gasteiger charge is -1.98. The third kappa shape index (κ3) is 3.70. The van der Waals surface area contributed by atoms with Crippen LogP contribution in [0.1, 0.15) is 18.9 Å². The Kier molecular flexibility index (Phi) is 4.53. The smallest absolute Gasteiger partial charge is 0.185 e. The molecule has 18 heavy (non-hydrogen) atoms. The van der Waals surface area contributed by atoms with E-state index in [1.54, 1.807) is 13.1 Å². The van der Waals surface area contributed by atoms with E-state index in [0.29, 0.717) is 0 Å². The van der Waals surface area contributed by atoms with Crippen LogP contribution in [0, 0.1) is 0 Å². The number of hydrogen-bond donors (Lipinski definition) is 0. The van der Waals surface area contributed by atoms with Crippen molar-refractivity contribution >= 4 is 33.9 Å². The summed E-state index contributed by atoms with van der Waals surface area (Å²) < 4.78 is 0. The Hall–Kier alpha value is -1.61. The first kappa shape index (κ1) is 12.8. The first-order chi connectivity index (χ1) is 8.75. The standard InChI is InChI=1S/C15H15NOS/c1-12(17)18-10-3-2-5-13-7-8-15-14(11-13)6-4-9-16-15/h2,4-9,11H,3,10H2,1H3. The minimum absolute atomic E-state index is 0.181. The van der Waals surface area contributed by atoms with E-state index in [1.165, 1.54) is 17.3 Å². The van der Waals surface area contributed by atoms with Crippen molar-refractivity contribution in [2.24, 2.45) is 0 Å². The molecule has 92 valence electrons. The van der Waals surface area contributed by atoms with Crippen LogP contribution in [0.25, 0.3) is 17.0 Å². The number of fused-ring (bicyclic) bond motifs is 1. The van der Waals surface area contributed by atoms with Gasteiger partial charge in [-0.15, -0.1) is 0 Å². The van der Waals surface area contributed by atoms with Crippen molar-refractivity contribution in [3.8, 4) is 0 Å². The van der Waals surface area contributed by atoms with Gasteiger partial charge in [0.15, 0.2) is 5.12 Å². The highest BCUT2D eigenvalue weighted by molar-refractivity contribution is 8.13. The molecule has 1 heterocycles. The maximum absolute atomic E-state index is 10.8. The Morgan fingerprint density at radius 3 is 3.11 bits per heavy atom. The summed E-state index contributed by atoms with van der Waals surface area (Å²) >= 11 is 1.37. The molecule has 0 N–H and O–H groups in total. The fraction of sp³-hybridized carbons (Fsp3) is 0.200. The van der Waals surface area contributed by atoms with Crippen LogP contribution in [0.2, 0.25) is 0 Å². The average molecular weight is 257 g/mol. The van der Waals surface area contributed by atoms with Gasteiger partial charge < -0.3 is 0 Å². The normalized spacial score (nSPS) is 11.2. The summed E-state index contributed by atoms with van der Waals surface area (Å²) in [4.78, 5) is 15.0. The molecule has 0 atom stereocenters. The highest BCUT2D eigenvalue weighted by atomic mass is 32.2. The summed E-state index contributed by atoms with van der Waals surface area (Å²) in [5.41, 5.74) is 2.19. The van der Waals surface area contributed by atoms with Gasteiger partial charge in [-0.2, -0.15) is 0 Å². The van der Waals surface area contributed by atoms with Gasteiger partial charge >= 0.3 is 0 Å². The summed E-state index contributed by atoms with van der Waals surface area (Å²) in [5.74, 6) is 0.848. The van der Waals surface area contributed by atoms with Crippen LogP contribution in [0.5, 0.6) is 0 Å². The van der Waals surface area contributed by atoms with Gasteiger partial charge in [-0.1, -0.05) is 36.0 Å². The lowest BCUT2D eigenvalue weighted by atomic mass is 10.1. The van der Waals surface area contributed by atoms with Crippen molar-refractivity contribution in [3.05, 3.63) is 48.2 Å². The first-order valence-corrected chi connectivity index (χ1v) is 6.89. The first-order valence-electron chi connectivity index (χ1n) is 5.90. The van der Waals surface area contributed by atoms with E-state index in [1.807, 2.05) is 12.1 Å². The highest BCUT2D eigenvalue weighted by Gasteiger charge is 1.94. The van der Waals surface area contributed by atoms with E-state index in [2.05, 4.69) is 35.3 Å². The van der Waals surface area contributed by atoms with Crippen LogP contribution in [-0.2, 0) is 4.79 Å². The van der Waals surface area contributed by atoms with Crippen molar-refractivity contribution in [3.63, 3.8) is 0 Å². The molecular weight excluding hydrogens is 242 g/mol. The molecule has 2 rings (SSSR count). The second-order valence-corrected chi connectivity index (χ2v) is 5.26. The number of benzene rings is 1. The van der Waals surface area contributed by atoms with E-state index < -0.39 is 0 Å². The van der Waals surface area contributed by atoms with Gasteiger partial charge in [0, 0.05) is 24.3 Å². The lowest BCUT2D eigenvalue weighted by Crippen LogP contribution is -1.83. The van der Waals surface area contributed by atoms with Crippen molar-refractivity contribution in [2.75, 3.05) is 5.75 Å². The van der Waals surface area contributed by atoms with Gasteiger partial charge in [0.05, 0.1) is 5.52 Å². The van der Waals surface area contributed by atoms with Crippen molar-refractivity contribution in [2.45, 2.75) is 13.3 Å². The molecule has 0 radical (unpaired) electrons. The molecule has 1 aromatic heterocycles. The Labute approximate surface area is 111 Å². The van der Waals surface area contributed by atoms with Crippen LogP contribution in [0.3, 0.4) is 0 Å². The van der Waals surface area contributed by atoms with Crippen LogP contribution >= 0.6 is 11.8 Å². The van der Waals surface area contributed by atoms with Crippen LogP contribution < -0.4 is 0 Å². The van der Waals surface area contributed by atoms with Crippen LogP contribution in [-0.4, -0.2) is 15.9 Å². The van der Waals surface area contributed by atoms with Crippen LogP contribution in [0.4, 0.5) is 0 Å². The molecule has 0 bridgehead atoms. The van der Waals surface area contributed by atoms with Gasteiger partial charge in [0.2, 0.25) is 0 Å². The molecular formula is C15H15NOS. The van der Waals surface area contributed by atoms with Gasteiger partial charge in [-0.3, -0.25) is 9.78 Å². The number of carbonyl (C=O) groups excluding carboxylic acids is 1. The molecule has 2 aromatic rings. The average Bonchev–Trinajstić information content (AvgIpc) is 2.38. The number of nitrogens with zero attached hydrogens (tertiary/aromatic N) is 1. The number of aromatic nitrogens is 1. The SMILES string of the molecule is CC(=O)SCCC=Cc1ccc2ncccc2c1. The molecule has 0 aliphatic rings. The minimum Gasteiger partial charge on any atom is -0.288 e. The van der Waals surface area contributed by atoms with E-state index in [4.69, 9.17) is 0 Å². The number of rotatable bonds is 4. The zero-order valence-electron chi connectivity index (χ0n) is 10.3. The van der Waals surface area contributed by atoms with Crippen molar-refractivity contribution in [1.29, 1.82) is 0 Å². The van der Waals surface area contributed by atoms with Crippen LogP contribution in [0.15, 0.2) is 42.6 Å². The predicted molar refractivity (Wildman–Crippen MR) is 78.5 cm³/mol. The third-order valence-corrected chi connectivity index (χ3v) is 3.37. The topological polar surface area (TPSA) is 30.0 Å². The van der Waals surface area contributed by atoms with Gasteiger partial charge in [-0.25, -0.2) is 0 Å². The molecule has 0 amide bonds. The van der Waals surface area contributed by atoms with E-state index in [9.17, 15) is 4.79 Å². The molecule has 0 spiro atoms. The fourth-order valence-electron chi connectivity index (χ4n) is 1.69. The quantitative estimate of drug-likeness (QED) is 0.778. The van der Waals surface area contributed by atoms with Crippen molar-refractivity contribution < 1.29 is 4.79 Å². The summed E-state index contributed by atoms with van der Waals surface area (Å²) in [6.07, 6.45) is 6.91. The molecule has 0 unspecified atom stereocenters. The maximum atomic E-state index is 10.8. The molecule has 0 saturated carbocycles.